The first kappa shape index (κ1) is 26.2. The van der Waals surface area contributed by atoms with Crippen LogP contribution in [0.3, 0.4) is 0 Å². The fraction of sp³-hybridized carbons (Fsp3) is 0.542. The highest BCUT2D eigenvalue weighted by molar-refractivity contribution is 5.90. The highest BCUT2D eigenvalue weighted by atomic mass is 16.6. The van der Waals surface area contributed by atoms with Crippen LogP contribution in [0.4, 0.5) is 4.79 Å². The molecule has 1 aromatic rings. The number of carbonyl (C=O) groups excluding carboxylic acids is 3. The van der Waals surface area contributed by atoms with Crippen molar-refractivity contribution in [1.82, 2.24) is 15.5 Å². The molecule has 172 valence electrons. The molecule has 7 heteroatoms. The zero-order chi connectivity index (χ0) is 23.6. The third kappa shape index (κ3) is 9.24. The summed E-state index contributed by atoms with van der Waals surface area (Å²) in [5, 5.41) is 5.42. The van der Waals surface area contributed by atoms with E-state index in [1.165, 1.54) is 4.90 Å². The number of nitrogens with one attached hydrogen (secondary N) is 2. The predicted octanol–water partition coefficient (Wildman–Crippen LogP) is 4.05. The molecular weight excluding hydrogens is 394 g/mol. The van der Waals surface area contributed by atoms with E-state index in [0.29, 0.717) is 12.1 Å². The van der Waals surface area contributed by atoms with Gasteiger partial charge in [0, 0.05) is 12.6 Å². The van der Waals surface area contributed by atoms with Crippen molar-refractivity contribution in [2.75, 3.05) is 13.1 Å². The summed E-state index contributed by atoms with van der Waals surface area (Å²) in [6, 6.07) is 6.50. The molecule has 1 atom stereocenters. The number of alkyl carbamates (subject to hydrolysis) is 1. The molecule has 0 aromatic heterocycles. The maximum absolute atomic E-state index is 13.1. The van der Waals surface area contributed by atoms with Gasteiger partial charge in [-0.3, -0.25) is 9.59 Å². The number of hydrogen-bond acceptors (Lipinski definition) is 4. The Hall–Kier alpha value is -2.83. The third-order valence-electron chi connectivity index (χ3n) is 4.31. The van der Waals surface area contributed by atoms with Gasteiger partial charge in [0.25, 0.3) is 0 Å². The molecule has 1 unspecified atom stereocenters. The van der Waals surface area contributed by atoms with E-state index >= 15 is 0 Å². The molecule has 0 radical (unpaired) electrons. The van der Waals surface area contributed by atoms with Crippen LogP contribution in [0.1, 0.15) is 71.6 Å². The smallest absolute Gasteiger partial charge is 0.408 e. The monoisotopic (exact) mass is 431 g/mol. The third-order valence-corrected chi connectivity index (χ3v) is 4.31. The Bertz CT molecular complexity index is 768. The second-order valence-corrected chi connectivity index (χ2v) is 8.74. The van der Waals surface area contributed by atoms with E-state index in [2.05, 4.69) is 17.2 Å². The molecule has 2 N–H and O–H groups in total. The zero-order valence-electron chi connectivity index (χ0n) is 19.7. The lowest BCUT2D eigenvalue weighted by Gasteiger charge is -2.32. The van der Waals surface area contributed by atoms with Crippen LogP contribution in [-0.2, 0) is 14.3 Å². The summed E-state index contributed by atoms with van der Waals surface area (Å²) in [5.74, 6) is -0.620. The number of ether oxygens (including phenoxy) is 1. The van der Waals surface area contributed by atoms with Crippen LogP contribution in [0.2, 0.25) is 0 Å². The molecule has 0 heterocycles. The number of nitrogens with zero attached hydrogens (tertiary/aromatic N) is 1. The maximum Gasteiger partial charge on any atom is 0.408 e. The van der Waals surface area contributed by atoms with Crippen molar-refractivity contribution >= 4 is 24.0 Å². The van der Waals surface area contributed by atoms with Gasteiger partial charge in [0.1, 0.15) is 18.2 Å². The summed E-state index contributed by atoms with van der Waals surface area (Å²) in [4.78, 5) is 39.8. The lowest BCUT2D eigenvalue weighted by atomic mass is 10.0. The second kappa shape index (κ2) is 12.1. The molecule has 7 nitrogen and oxygen atoms in total. The second-order valence-electron chi connectivity index (χ2n) is 8.74. The number of unbranched alkanes of at least 4 members (excludes halogenated alkanes) is 1. The molecule has 0 saturated heterocycles. The van der Waals surface area contributed by atoms with E-state index in [4.69, 9.17) is 4.74 Å². The van der Waals surface area contributed by atoms with Crippen molar-refractivity contribution in [3.05, 3.63) is 42.0 Å². The molecule has 0 aliphatic heterocycles. The van der Waals surface area contributed by atoms with Crippen LogP contribution < -0.4 is 10.6 Å². The zero-order valence-corrected chi connectivity index (χ0v) is 19.7. The van der Waals surface area contributed by atoms with Crippen molar-refractivity contribution in [2.24, 2.45) is 0 Å². The quantitative estimate of drug-likeness (QED) is 0.585. The molecule has 1 rings (SSSR count). The van der Waals surface area contributed by atoms with Crippen LogP contribution in [0.5, 0.6) is 0 Å². The summed E-state index contributed by atoms with van der Waals surface area (Å²) in [7, 11) is 0. The van der Waals surface area contributed by atoms with Gasteiger partial charge in [0.15, 0.2) is 0 Å². The number of amides is 3. The SMILES string of the molecule is C=Cc1cccc(C(C(=O)NC(C)C)N(CCCC)C(=O)CNC(=O)OC(C)(C)C)c1. The first-order valence-corrected chi connectivity index (χ1v) is 10.8. The van der Waals surface area contributed by atoms with Crippen LogP contribution >= 0.6 is 0 Å². The van der Waals surface area contributed by atoms with E-state index in [0.717, 1.165) is 18.4 Å². The molecule has 0 aliphatic carbocycles. The Balaban J connectivity index is 3.20. The molecule has 31 heavy (non-hydrogen) atoms. The Morgan fingerprint density at radius 2 is 1.90 bits per heavy atom. The van der Waals surface area contributed by atoms with Gasteiger partial charge in [-0.2, -0.15) is 0 Å². The van der Waals surface area contributed by atoms with E-state index in [1.807, 2.05) is 45.0 Å². The fourth-order valence-electron chi connectivity index (χ4n) is 2.98. The number of rotatable bonds is 10. The minimum absolute atomic E-state index is 0.0828. The van der Waals surface area contributed by atoms with Crippen LogP contribution in [0.25, 0.3) is 6.08 Å². The summed E-state index contributed by atoms with van der Waals surface area (Å²) in [5.41, 5.74) is 0.881. The molecule has 1 aromatic carbocycles. The average Bonchev–Trinajstić information content (AvgIpc) is 2.67. The molecule has 0 saturated carbocycles. The lowest BCUT2D eigenvalue weighted by Crippen LogP contribution is -2.49. The van der Waals surface area contributed by atoms with Crippen molar-refractivity contribution in [3.63, 3.8) is 0 Å². The summed E-state index contributed by atoms with van der Waals surface area (Å²) in [6.07, 6.45) is 2.61. The maximum atomic E-state index is 13.1. The number of carbonyl (C=O) groups is 3. The van der Waals surface area contributed by atoms with E-state index < -0.39 is 17.7 Å². The fourth-order valence-corrected chi connectivity index (χ4v) is 2.98. The van der Waals surface area contributed by atoms with Gasteiger partial charge < -0.3 is 20.3 Å². The van der Waals surface area contributed by atoms with E-state index in [-0.39, 0.29) is 24.4 Å². The van der Waals surface area contributed by atoms with Gasteiger partial charge >= 0.3 is 6.09 Å². The van der Waals surface area contributed by atoms with Gasteiger partial charge in [-0.25, -0.2) is 4.79 Å². The average molecular weight is 432 g/mol. The molecule has 0 spiro atoms. The molecule has 3 amide bonds. The summed E-state index contributed by atoms with van der Waals surface area (Å²) in [6.45, 7) is 14.9. The van der Waals surface area contributed by atoms with Crippen LogP contribution in [0, 0.1) is 0 Å². The Kier molecular flexibility index (Phi) is 10.3. The molecule has 0 fully saturated rings. The standard InChI is InChI=1S/C24H37N3O4/c1-8-10-14-27(20(28)16-25-23(30)31-24(5,6)7)21(22(29)26-17(3)4)19-13-11-12-18(9-2)15-19/h9,11-13,15,17,21H,2,8,10,14,16H2,1,3-7H3,(H,25,30)(H,26,29). The minimum atomic E-state index is -0.818. The Labute approximate surface area is 186 Å². The van der Waals surface area contributed by atoms with E-state index in [9.17, 15) is 14.4 Å². The highest BCUT2D eigenvalue weighted by Gasteiger charge is 2.31. The molecule has 0 aliphatic rings. The van der Waals surface area contributed by atoms with Gasteiger partial charge in [-0.05, 0) is 58.2 Å². The number of benzene rings is 1. The topological polar surface area (TPSA) is 87.7 Å². The largest absolute Gasteiger partial charge is 0.444 e. The predicted molar refractivity (Wildman–Crippen MR) is 123 cm³/mol. The van der Waals surface area contributed by atoms with Crippen molar-refractivity contribution in [2.45, 2.75) is 72.1 Å². The van der Waals surface area contributed by atoms with E-state index in [1.54, 1.807) is 26.8 Å². The Morgan fingerprint density at radius 1 is 1.23 bits per heavy atom. The summed E-state index contributed by atoms with van der Waals surface area (Å²) >= 11 is 0. The van der Waals surface area contributed by atoms with Crippen molar-refractivity contribution in [1.29, 1.82) is 0 Å². The van der Waals surface area contributed by atoms with Crippen molar-refractivity contribution in [3.8, 4) is 0 Å². The highest BCUT2D eigenvalue weighted by Crippen LogP contribution is 2.24. The van der Waals surface area contributed by atoms with Gasteiger partial charge in [-0.15, -0.1) is 0 Å². The number of hydrogen-bond donors (Lipinski definition) is 2. The first-order chi connectivity index (χ1) is 14.5. The first-order valence-electron chi connectivity index (χ1n) is 10.8. The normalized spacial score (nSPS) is 12.1. The molecule has 0 bridgehead atoms. The Morgan fingerprint density at radius 3 is 2.45 bits per heavy atom. The van der Waals surface area contributed by atoms with Crippen LogP contribution in [-0.4, -0.2) is 47.5 Å². The minimum Gasteiger partial charge on any atom is -0.444 e. The van der Waals surface area contributed by atoms with Gasteiger partial charge in [-0.1, -0.05) is 44.2 Å². The summed E-state index contributed by atoms with van der Waals surface area (Å²) < 4.78 is 5.21. The lowest BCUT2D eigenvalue weighted by molar-refractivity contribution is -0.140. The van der Waals surface area contributed by atoms with Gasteiger partial charge in [0.05, 0.1) is 0 Å². The van der Waals surface area contributed by atoms with Gasteiger partial charge in [0.2, 0.25) is 11.8 Å². The molecular formula is C24H37N3O4. The van der Waals surface area contributed by atoms with Crippen LogP contribution in [0.15, 0.2) is 30.8 Å². The van der Waals surface area contributed by atoms with Crippen molar-refractivity contribution < 1.29 is 19.1 Å².